The molecule has 3 aromatic rings. The van der Waals surface area contributed by atoms with Crippen LogP contribution in [0.5, 0.6) is 0 Å². The van der Waals surface area contributed by atoms with Crippen molar-refractivity contribution in [3.05, 3.63) is 48.5 Å². The molecular formula is C16H8F9S+. The second-order valence-electron chi connectivity index (χ2n) is 5.46. The van der Waals surface area contributed by atoms with Gasteiger partial charge >= 0.3 is 23.3 Å². The standard InChI is InChI=1S/C16H8F9S/c17-13(18,15(21,22)23)14(19,20)16(24,25)26-11-7-3-1-5-9(11)10-6-2-4-8-12(10)26/h1-8H/q+1. The molecule has 26 heavy (non-hydrogen) atoms. The molecule has 0 fully saturated rings. The van der Waals surface area contributed by atoms with Crippen molar-refractivity contribution in [2.24, 2.45) is 0 Å². The zero-order chi connectivity index (χ0) is 19.5. The van der Waals surface area contributed by atoms with Crippen molar-refractivity contribution >= 4 is 30.6 Å². The fraction of sp³-hybridized carbons (Fsp3) is 0.250. The summed E-state index contributed by atoms with van der Waals surface area (Å²) in [6.45, 7) is 0. The number of fused-ring (bicyclic) bond motifs is 3. The summed E-state index contributed by atoms with van der Waals surface area (Å²) in [5.74, 6) is -13.5. The molecule has 0 saturated heterocycles. The first-order chi connectivity index (χ1) is 11.8. The Kier molecular flexibility index (Phi) is 3.99. The minimum absolute atomic E-state index is 0.0947. The van der Waals surface area contributed by atoms with Crippen LogP contribution in [-0.2, 0) is 5.25 Å². The fourth-order valence-electron chi connectivity index (χ4n) is 2.62. The molecule has 0 aliphatic carbocycles. The van der Waals surface area contributed by atoms with E-state index in [1.54, 1.807) is 0 Å². The number of halogens is 9. The Morgan fingerprint density at radius 2 is 0.923 bits per heavy atom. The smallest absolute Gasteiger partial charge is 0.189 e. The second-order valence-corrected chi connectivity index (χ2v) is 7.47. The Hall–Kier alpha value is -1.97. The lowest BCUT2D eigenvalue weighted by Crippen LogP contribution is -2.58. The Balaban J connectivity index is 2.37. The third kappa shape index (κ3) is 2.30. The lowest BCUT2D eigenvalue weighted by Gasteiger charge is -2.29. The van der Waals surface area contributed by atoms with Crippen molar-refractivity contribution < 1.29 is 39.5 Å². The SMILES string of the molecule is FC(F)(F)C(F)(F)C(F)(F)C(F)(F)[s+]1c2ccccc2c2ccccc21. The van der Waals surface area contributed by atoms with E-state index in [0.29, 0.717) is 0 Å². The van der Waals surface area contributed by atoms with Crippen LogP contribution in [-0.4, -0.2) is 18.0 Å². The van der Waals surface area contributed by atoms with E-state index in [1.807, 2.05) is 0 Å². The van der Waals surface area contributed by atoms with E-state index in [4.69, 9.17) is 0 Å². The highest BCUT2D eigenvalue weighted by atomic mass is 32.2. The van der Waals surface area contributed by atoms with Crippen LogP contribution in [0.3, 0.4) is 0 Å². The lowest BCUT2D eigenvalue weighted by molar-refractivity contribution is -0.390. The van der Waals surface area contributed by atoms with E-state index in [1.165, 1.54) is 36.4 Å². The number of benzene rings is 2. The summed E-state index contributed by atoms with van der Waals surface area (Å²) in [4.78, 5) is 0. The van der Waals surface area contributed by atoms with Gasteiger partial charge in [0.1, 0.15) is 0 Å². The predicted molar refractivity (Wildman–Crippen MR) is 80.1 cm³/mol. The van der Waals surface area contributed by atoms with Crippen molar-refractivity contribution in [2.75, 3.05) is 0 Å². The van der Waals surface area contributed by atoms with Gasteiger partial charge in [0, 0.05) is 10.8 Å². The van der Waals surface area contributed by atoms with Crippen LogP contribution < -0.4 is 0 Å². The molecule has 0 atom stereocenters. The summed E-state index contributed by atoms with van der Waals surface area (Å²) in [5, 5.41) is -5.48. The molecule has 0 aliphatic rings. The maximum Gasteiger partial charge on any atom is 0.503 e. The summed E-state index contributed by atoms with van der Waals surface area (Å²) >= 11 is 0. The molecule has 0 N–H and O–H groups in total. The number of hydrogen-bond donors (Lipinski definition) is 0. The molecule has 0 aliphatic heterocycles. The molecule has 0 radical (unpaired) electrons. The first-order valence-electron chi connectivity index (χ1n) is 6.97. The van der Waals surface area contributed by atoms with Gasteiger partial charge < -0.3 is 0 Å². The van der Waals surface area contributed by atoms with Gasteiger partial charge in [-0.25, -0.2) is 0 Å². The summed E-state index contributed by atoms with van der Waals surface area (Å²) < 4.78 is 120. The van der Waals surface area contributed by atoms with Gasteiger partial charge in [-0.05, 0) is 24.3 Å². The molecule has 3 rings (SSSR count). The molecule has 0 bridgehead atoms. The number of rotatable bonds is 3. The molecular weight excluding hydrogens is 395 g/mol. The zero-order valence-corrected chi connectivity index (χ0v) is 13.2. The molecule has 140 valence electrons. The summed E-state index contributed by atoms with van der Waals surface area (Å²) in [5.41, 5.74) is 0. The fourth-order valence-corrected chi connectivity index (χ4v) is 5.02. The van der Waals surface area contributed by atoms with Gasteiger partial charge in [0.25, 0.3) is 0 Å². The van der Waals surface area contributed by atoms with Crippen LogP contribution in [0.4, 0.5) is 39.5 Å². The monoisotopic (exact) mass is 403 g/mol. The first kappa shape index (κ1) is 18.8. The topological polar surface area (TPSA) is 0 Å². The zero-order valence-electron chi connectivity index (χ0n) is 12.4. The van der Waals surface area contributed by atoms with Gasteiger partial charge in [-0.2, -0.15) is 30.7 Å². The molecule has 10 heteroatoms. The summed E-state index contributed by atoms with van der Waals surface area (Å²) in [6, 6.07) is 9.96. The van der Waals surface area contributed by atoms with E-state index in [2.05, 4.69) is 0 Å². The van der Waals surface area contributed by atoms with E-state index in [0.717, 1.165) is 12.1 Å². The molecule has 1 heterocycles. The Morgan fingerprint density at radius 1 is 0.538 bits per heavy atom. The van der Waals surface area contributed by atoms with Crippen LogP contribution >= 0.6 is 10.5 Å². The van der Waals surface area contributed by atoms with Crippen molar-refractivity contribution in [2.45, 2.75) is 23.3 Å². The highest BCUT2D eigenvalue weighted by Gasteiger charge is 2.86. The van der Waals surface area contributed by atoms with Gasteiger partial charge in [0.05, 0.1) is 10.5 Å². The van der Waals surface area contributed by atoms with Crippen LogP contribution in [0, 0.1) is 0 Å². The highest BCUT2D eigenvalue weighted by molar-refractivity contribution is 7.44. The highest BCUT2D eigenvalue weighted by Crippen LogP contribution is 2.64. The van der Waals surface area contributed by atoms with E-state index < -0.39 is 43.1 Å². The first-order valence-corrected chi connectivity index (χ1v) is 8.19. The largest absolute Gasteiger partial charge is 0.503 e. The molecule has 1 aromatic heterocycles. The van der Waals surface area contributed by atoms with Crippen molar-refractivity contribution in [3.63, 3.8) is 0 Å². The quantitative estimate of drug-likeness (QED) is 0.323. The summed E-state index contributed by atoms with van der Waals surface area (Å²) in [7, 11) is -3.00. The van der Waals surface area contributed by atoms with E-state index in [-0.39, 0.29) is 10.8 Å². The average Bonchev–Trinajstić information content (AvgIpc) is 2.88. The van der Waals surface area contributed by atoms with Crippen molar-refractivity contribution in [1.82, 2.24) is 0 Å². The Labute approximate surface area is 142 Å². The predicted octanol–water partition coefficient (Wildman–Crippen LogP) is 7.12. The molecule has 2 aromatic carbocycles. The number of alkyl halides is 9. The molecule has 0 saturated carbocycles. The Bertz CT molecular complexity index is 915. The molecule has 0 spiro atoms. The number of thiophene rings is 1. The molecule has 0 unspecified atom stereocenters. The van der Waals surface area contributed by atoms with Crippen molar-refractivity contribution in [3.8, 4) is 0 Å². The minimum atomic E-state index is -6.90. The van der Waals surface area contributed by atoms with Gasteiger partial charge in [0.15, 0.2) is 9.40 Å². The van der Waals surface area contributed by atoms with E-state index >= 15 is 0 Å². The third-order valence-electron chi connectivity index (χ3n) is 3.88. The van der Waals surface area contributed by atoms with Crippen LogP contribution in [0.15, 0.2) is 48.5 Å². The molecule has 0 amide bonds. The van der Waals surface area contributed by atoms with Gasteiger partial charge in [0.2, 0.25) is 0 Å². The second kappa shape index (κ2) is 5.51. The van der Waals surface area contributed by atoms with E-state index in [9.17, 15) is 39.5 Å². The normalized spacial score (nSPS) is 14.3. The molecule has 0 nitrogen and oxygen atoms in total. The lowest BCUT2D eigenvalue weighted by atomic mass is 10.1. The van der Waals surface area contributed by atoms with Gasteiger partial charge in [-0.3, -0.25) is 0 Å². The van der Waals surface area contributed by atoms with Crippen LogP contribution in [0.2, 0.25) is 0 Å². The third-order valence-corrected chi connectivity index (χ3v) is 6.24. The van der Waals surface area contributed by atoms with Gasteiger partial charge in [-0.1, -0.05) is 24.3 Å². The van der Waals surface area contributed by atoms with Crippen LogP contribution in [0.1, 0.15) is 0 Å². The Morgan fingerprint density at radius 3 is 1.31 bits per heavy atom. The van der Waals surface area contributed by atoms with Crippen molar-refractivity contribution in [1.29, 1.82) is 0 Å². The maximum atomic E-state index is 14.6. The van der Waals surface area contributed by atoms with Crippen LogP contribution in [0.25, 0.3) is 20.2 Å². The number of hydrogen-bond acceptors (Lipinski definition) is 0. The minimum Gasteiger partial charge on any atom is -0.189 e. The maximum absolute atomic E-state index is 14.6. The average molecular weight is 403 g/mol. The summed E-state index contributed by atoms with van der Waals surface area (Å²) in [6.07, 6.45) is -6.83. The van der Waals surface area contributed by atoms with Gasteiger partial charge in [-0.15, -0.1) is 8.78 Å².